The number of fused-ring (bicyclic) bond motifs is 1. The number of benzene rings is 2. The molecule has 1 heterocycles. The van der Waals surface area contributed by atoms with Crippen LogP contribution >= 0.6 is 0 Å². The van der Waals surface area contributed by atoms with Crippen molar-refractivity contribution in [3.8, 4) is 0 Å². The van der Waals surface area contributed by atoms with Crippen LogP contribution in [0.3, 0.4) is 0 Å². The minimum atomic E-state index is -0.538. The SMILES string of the molecule is CCN1c2ccc(/C=N\NC(=O)c3cccc([N+](=O)[O-])c3)cc2C(C)=CC1(C)C. The Morgan fingerprint density at radius 2 is 2.03 bits per heavy atom. The van der Waals surface area contributed by atoms with Gasteiger partial charge in [-0.3, -0.25) is 14.9 Å². The number of nitrogens with zero attached hydrogens (tertiary/aromatic N) is 3. The molecule has 1 aliphatic heterocycles. The molecule has 0 unspecified atom stereocenters. The summed E-state index contributed by atoms with van der Waals surface area (Å²) in [5, 5.41) is 14.8. The standard InChI is InChI=1S/C22H24N4O3/c1-5-25-20-10-9-16(11-19(20)15(2)13-22(25,3)4)14-23-24-21(27)17-7-6-8-18(12-17)26(28)29/h6-14H,5H2,1-4H3,(H,24,27)/b23-14-. The molecule has 0 fully saturated rings. The zero-order valence-electron chi connectivity index (χ0n) is 17.0. The predicted molar refractivity (Wildman–Crippen MR) is 115 cm³/mol. The van der Waals surface area contributed by atoms with E-state index in [9.17, 15) is 14.9 Å². The van der Waals surface area contributed by atoms with Gasteiger partial charge in [0.25, 0.3) is 11.6 Å². The number of anilines is 1. The van der Waals surface area contributed by atoms with Gasteiger partial charge in [-0.2, -0.15) is 5.10 Å². The van der Waals surface area contributed by atoms with Gasteiger partial charge in [0.15, 0.2) is 0 Å². The lowest BCUT2D eigenvalue weighted by Crippen LogP contribution is -2.44. The van der Waals surface area contributed by atoms with Crippen molar-refractivity contribution >= 4 is 29.1 Å². The van der Waals surface area contributed by atoms with Gasteiger partial charge in [0.05, 0.1) is 16.7 Å². The summed E-state index contributed by atoms with van der Waals surface area (Å²) in [6.45, 7) is 9.53. The Kier molecular flexibility index (Phi) is 5.50. The molecule has 29 heavy (non-hydrogen) atoms. The Hall–Kier alpha value is -3.48. The highest BCUT2D eigenvalue weighted by Gasteiger charge is 2.29. The number of amides is 1. The third-order valence-electron chi connectivity index (χ3n) is 5.02. The van der Waals surface area contributed by atoms with Crippen LogP contribution in [0.2, 0.25) is 0 Å². The third kappa shape index (κ3) is 4.18. The zero-order valence-corrected chi connectivity index (χ0v) is 17.0. The number of rotatable bonds is 5. The molecule has 0 saturated carbocycles. The molecule has 0 spiro atoms. The fraction of sp³-hybridized carbons (Fsp3) is 0.273. The summed E-state index contributed by atoms with van der Waals surface area (Å²) in [7, 11) is 0. The van der Waals surface area contributed by atoms with Gasteiger partial charge in [-0.1, -0.05) is 18.2 Å². The molecule has 7 heteroatoms. The predicted octanol–water partition coefficient (Wildman–Crippen LogP) is 4.38. The highest BCUT2D eigenvalue weighted by atomic mass is 16.6. The van der Waals surface area contributed by atoms with Crippen LogP contribution in [0, 0.1) is 10.1 Å². The number of hydrogen-bond acceptors (Lipinski definition) is 5. The highest BCUT2D eigenvalue weighted by Crippen LogP contribution is 2.38. The van der Waals surface area contributed by atoms with Gasteiger partial charge >= 0.3 is 0 Å². The summed E-state index contributed by atoms with van der Waals surface area (Å²) in [5.74, 6) is -0.502. The van der Waals surface area contributed by atoms with Crippen LogP contribution < -0.4 is 10.3 Å². The molecule has 150 valence electrons. The molecule has 7 nitrogen and oxygen atoms in total. The van der Waals surface area contributed by atoms with Crippen LogP contribution in [0.1, 0.15) is 49.2 Å². The Balaban J connectivity index is 1.77. The number of non-ortho nitro benzene ring substituents is 1. The number of carbonyl (C=O) groups is 1. The number of allylic oxidation sites excluding steroid dienone is 1. The first kappa shape index (κ1) is 20.3. The molecule has 0 saturated heterocycles. The first-order valence-corrected chi connectivity index (χ1v) is 9.42. The normalized spacial score (nSPS) is 15.0. The molecular formula is C22H24N4O3. The van der Waals surface area contributed by atoms with Crippen molar-refractivity contribution in [3.05, 3.63) is 75.3 Å². The van der Waals surface area contributed by atoms with Gasteiger partial charge in [-0.05, 0) is 57.0 Å². The summed E-state index contributed by atoms with van der Waals surface area (Å²) in [6, 6.07) is 11.6. The average Bonchev–Trinajstić information content (AvgIpc) is 2.68. The second-order valence-electron chi connectivity index (χ2n) is 7.51. The maximum absolute atomic E-state index is 12.2. The molecule has 0 atom stereocenters. The Bertz CT molecular complexity index is 1020. The lowest BCUT2D eigenvalue weighted by molar-refractivity contribution is -0.384. The first-order chi connectivity index (χ1) is 13.7. The summed E-state index contributed by atoms with van der Waals surface area (Å²) in [5.41, 5.74) is 6.79. The zero-order chi connectivity index (χ0) is 21.2. The van der Waals surface area contributed by atoms with E-state index in [1.807, 2.05) is 12.1 Å². The van der Waals surface area contributed by atoms with E-state index in [4.69, 9.17) is 0 Å². The second kappa shape index (κ2) is 7.87. The highest BCUT2D eigenvalue weighted by molar-refractivity contribution is 5.95. The van der Waals surface area contributed by atoms with E-state index in [-0.39, 0.29) is 16.8 Å². The number of nitro groups is 1. The van der Waals surface area contributed by atoms with Crippen LogP contribution in [0.15, 0.2) is 53.6 Å². The molecule has 0 aromatic heterocycles. The Morgan fingerprint density at radius 1 is 1.28 bits per heavy atom. The molecule has 2 aromatic rings. The van der Waals surface area contributed by atoms with Crippen molar-refractivity contribution in [1.29, 1.82) is 0 Å². The van der Waals surface area contributed by atoms with Gasteiger partial charge in [0.2, 0.25) is 0 Å². The van der Waals surface area contributed by atoms with Crippen LogP contribution in [0.4, 0.5) is 11.4 Å². The molecule has 3 rings (SSSR count). The second-order valence-corrected chi connectivity index (χ2v) is 7.51. The minimum absolute atomic E-state index is 0.0479. The van der Waals surface area contributed by atoms with E-state index in [2.05, 4.69) is 55.3 Å². The largest absolute Gasteiger partial charge is 0.363 e. The molecule has 2 aromatic carbocycles. The third-order valence-corrected chi connectivity index (χ3v) is 5.02. The van der Waals surface area contributed by atoms with Crippen molar-refractivity contribution in [2.75, 3.05) is 11.4 Å². The topological polar surface area (TPSA) is 87.8 Å². The first-order valence-electron chi connectivity index (χ1n) is 9.42. The number of hydrazone groups is 1. The van der Waals surface area contributed by atoms with Crippen molar-refractivity contribution < 1.29 is 9.72 Å². The van der Waals surface area contributed by atoms with Gasteiger partial charge in [0.1, 0.15) is 0 Å². The average molecular weight is 392 g/mol. The van der Waals surface area contributed by atoms with Crippen LogP contribution in [-0.4, -0.2) is 29.1 Å². The van der Waals surface area contributed by atoms with Crippen LogP contribution in [0.25, 0.3) is 5.57 Å². The maximum atomic E-state index is 12.2. The van der Waals surface area contributed by atoms with Gasteiger partial charge in [-0.15, -0.1) is 0 Å². The van der Waals surface area contributed by atoms with Crippen molar-refractivity contribution in [2.24, 2.45) is 5.10 Å². The minimum Gasteiger partial charge on any atom is -0.363 e. The molecule has 1 amide bonds. The summed E-state index contributed by atoms with van der Waals surface area (Å²) in [4.78, 5) is 24.8. The van der Waals surface area contributed by atoms with Crippen molar-refractivity contribution in [1.82, 2.24) is 5.43 Å². The van der Waals surface area contributed by atoms with E-state index in [1.165, 1.54) is 35.5 Å². The van der Waals surface area contributed by atoms with E-state index in [0.717, 1.165) is 17.7 Å². The maximum Gasteiger partial charge on any atom is 0.271 e. The smallest absolute Gasteiger partial charge is 0.271 e. The molecule has 0 bridgehead atoms. The van der Waals surface area contributed by atoms with Crippen LogP contribution in [-0.2, 0) is 0 Å². The number of carbonyl (C=O) groups excluding carboxylic acids is 1. The van der Waals surface area contributed by atoms with Crippen LogP contribution in [0.5, 0.6) is 0 Å². The number of nitro benzene ring substituents is 1. The molecule has 0 aliphatic carbocycles. The van der Waals surface area contributed by atoms with E-state index in [1.54, 1.807) is 6.21 Å². The molecule has 1 aliphatic rings. The fourth-order valence-corrected chi connectivity index (χ4v) is 3.75. The fourth-order valence-electron chi connectivity index (χ4n) is 3.75. The molecule has 0 radical (unpaired) electrons. The van der Waals surface area contributed by atoms with Gasteiger partial charge < -0.3 is 4.90 Å². The van der Waals surface area contributed by atoms with E-state index in [0.29, 0.717) is 0 Å². The van der Waals surface area contributed by atoms with Crippen molar-refractivity contribution in [2.45, 2.75) is 33.2 Å². The Morgan fingerprint density at radius 3 is 2.72 bits per heavy atom. The summed E-state index contributed by atoms with van der Waals surface area (Å²) in [6.07, 6.45) is 3.82. The van der Waals surface area contributed by atoms with E-state index < -0.39 is 10.8 Å². The summed E-state index contributed by atoms with van der Waals surface area (Å²) >= 11 is 0. The number of nitrogens with one attached hydrogen (secondary N) is 1. The van der Waals surface area contributed by atoms with E-state index >= 15 is 0 Å². The monoisotopic (exact) mass is 392 g/mol. The van der Waals surface area contributed by atoms with Gasteiger partial charge in [0, 0.05) is 35.5 Å². The number of hydrogen-bond donors (Lipinski definition) is 1. The lowest BCUT2D eigenvalue weighted by Gasteiger charge is -2.42. The lowest BCUT2D eigenvalue weighted by atomic mass is 9.88. The summed E-state index contributed by atoms with van der Waals surface area (Å²) < 4.78 is 0. The molecular weight excluding hydrogens is 368 g/mol. The quantitative estimate of drug-likeness (QED) is 0.465. The van der Waals surface area contributed by atoms with Gasteiger partial charge in [-0.25, -0.2) is 5.43 Å². The van der Waals surface area contributed by atoms with Crippen molar-refractivity contribution in [3.63, 3.8) is 0 Å². The Labute approximate surface area is 169 Å². The number of likely N-dealkylation sites (N-methyl/N-ethyl adjacent to an activating group) is 1. The molecule has 1 N–H and O–H groups in total.